The Bertz CT molecular complexity index is 738. The Morgan fingerprint density at radius 1 is 1.29 bits per heavy atom. The average molecular weight is 282 g/mol. The number of benzene rings is 1. The van der Waals surface area contributed by atoms with Crippen molar-refractivity contribution in [2.24, 2.45) is 0 Å². The van der Waals surface area contributed by atoms with Gasteiger partial charge < -0.3 is 9.72 Å². The zero-order chi connectivity index (χ0) is 15.4. The van der Waals surface area contributed by atoms with Crippen LogP contribution in [0.25, 0.3) is 0 Å². The summed E-state index contributed by atoms with van der Waals surface area (Å²) in [6.07, 6.45) is 0. The molecule has 1 heterocycles. The van der Waals surface area contributed by atoms with Crippen molar-refractivity contribution in [3.63, 3.8) is 0 Å². The van der Waals surface area contributed by atoms with Gasteiger partial charge in [-0.05, 0) is 38.1 Å². The highest BCUT2D eigenvalue weighted by atomic mass is 16.5. The van der Waals surface area contributed by atoms with Gasteiger partial charge in [-0.3, -0.25) is 4.79 Å². The highest BCUT2D eigenvalue weighted by Gasteiger charge is 2.15. The van der Waals surface area contributed by atoms with Gasteiger partial charge in [0.1, 0.15) is 0 Å². The van der Waals surface area contributed by atoms with Crippen molar-refractivity contribution in [2.45, 2.75) is 13.8 Å². The molecule has 0 aliphatic heterocycles. The summed E-state index contributed by atoms with van der Waals surface area (Å²) >= 11 is 0. The van der Waals surface area contributed by atoms with Gasteiger partial charge in [0, 0.05) is 17.0 Å². The maximum absolute atomic E-state index is 12.0. The van der Waals surface area contributed by atoms with Crippen molar-refractivity contribution >= 4 is 11.8 Å². The standard InChI is InChI=1S/C16H14N2O3/c1-10-6-14(11(2)18-10)15(19)9-21-16(20)13-5-3-4-12(7-13)8-17/h3-7,18H,9H2,1-2H3. The summed E-state index contributed by atoms with van der Waals surface area (Å²) in [6.45, 7) is 3.31. The van der Waals surface area contributed by atoms with Crippen molar-refractivity contribution in [3.8, 4) is 6.07 Å². The summed E-state index contributed by atoms with van der Waals surface area (Å²) in [5.41, 5.74) is 2.77. The number of hydrogen-bond donors (Lipinski definition) is 1. The number of nitrogens with zero attached hydrogens (tertiary/aromatic N) is 1. The van der Waals surface area contributed by atoms with Crippen molar-refractivity contribution in [1.29, 1.82) is 5.26 Å². The second kappa shape index (κ2) is 6.06. The van der Waals surface area contributed by atoms with Crippen LogP contribution >= 0.6 is 0 Å². The number of hydrogen-bond acceptors (Lipinski definition) is 4. The molecule has 1 N–H and O–H groups in total. The van der Waals surface area contributed by atoms with E-state index < -0.39 is 5.97 Å². The predicted molar refractivity (Wildman–Crippen MR) is 76.0 cm³/mol. The molecule has 0 atom stereocenters. The number of esters is 1. The fourth-order valence-corrected chi connectivity index (χ4v) is 2.02. The number of rotatable bonds is 4. The third-order valence-corrected chi connectivity index (χ3v) is 3.01. The summed E-state index contributed by atoms with van der Waals surface area (Å²) in [4.78, 5) is 26.9. The number of Topliss-reactive ketones (excluding diaryl/α,β-unsaturated/α-hetero) is 1. The van der Waals surface area contributed by atoms with Gasteiger partial charge in [0.25, 0.3) is 0 Å². The number of nitrogens with one attached hydrogen (secondary N) is 1. The van der Waals surface area contributed by atoms with Crippen LogP contribution < -0.4 is 0 Å². The molecule has 0 radical (unpaired) electrons. The molecule has 1 aromatic heterocycles. The lowest BCUT2D eigenvalue weighted by Crippen LogP contribution is -2.14. The largest absolute Gasteiger partial charge is 0.454 e. The Kier molecular flexibility index (Phi) is 4.19. The number of ketones is 1. The molecule has 0 amide bonds. The first-order valence-electron chi connectivity index (χ1n) is 6.38. The second-order valence-electron chi connectivity index (χ2n) is 4.68. The van der Waals surface area contributed by atoms with E-state index in [-0.39, 0.29) is 18.0 Å². The highest BCUT2D eigenvalue weighted by Crippen LogP contribution is 2.11. The zero-order valence-electron chi connectivity index (χ0n) is 11.8. The molecule has 0 spiro atoms. The van der Waals surface area contributed by atoms with E-state index in [1.165, 1.54) is 6.07 Å². The molecule has 0 aliphatic carbocycles. The smallest absolute Gasteiger partial charge is 0.338 e. The lowest BCUT2D eigenvalue weighted by atomic mass is 10.1. The minimum absolute atomic E-state index is 0.254. The Balaban J connectivity index is 2.02. The van der Waals surface area contributed by atoms with Crippen LogP contribution in [0.15, 0.2) is 30.3 Å². The maximum atomic E-state index is 12.0. The molecule has 5 heteroatoms. The van der Waals surface area contributed by atoms with E-state index in [1.54, 1.807) is 31.2 Å². The highest BCUT2D eigenvalue weighted by molar-refractivity contribution is 6.00. The van der Waals surface area contributed by atoms with Crippen LogP contribution in [-0.4, -0.2) is 23.3 Å². The van der Waals surface area contributed by atoms with Crippen molar-refractivity contribution in [3.05, 3.63) is 58.4 Å². The molecular weight excluding hydrogens is 268 g/mol. The van der Waals surface area contributed by atoms with Crippen LogP contribution in [0.3, 0.4) is 0 Å². The van der Waals surface area contributed by atoms with E-state index in [9.17, 15) is 9.59 Å². The molecule has 0 bridgehead atoms. The molecule has 0 saturated heterocycles. The molecule has 2 aromatic rings. The average Bonchev–Trinajstić information content (AvgIpc) is 2.83. The fourth-order valence-electron chi connectivity index (χ4n) is 2.02. The normalized spacial score (nSPS) is 9.95. The van der Waals surface area contributed by atoms with Crippen LogP contribution in [0.5, 0.6) is 0 Å². The molecule has 0 fully saturated rings. The molecule has 1 aromatic carbocycles. The van der Waals surface area contributed by atoms with Crippen LogP contribution in [0, 0.1) is 25.2 Å². The van der Waals surface area contributed by atoms with Crippen molar-refractivity contribution in [1.82, 2.24) is 4.98 Å². The van der Waals surface area contributed by atoms with Crippen molar-refractivity contribution < 1.29 is 14.3 Å². The molecular formula is C16H14N2O3. The fraction of sp³-hybridized carbons (Fsp3) is 0.188. The van der Waals surface area contributed by atoms with Crippen LogP contribution in [0.4, 0.5) is 0 Å². The molecule has 2 rings (SSSR count). The number of aromatic amines is 1. The van der Waals surface area contributed by atoms with Gasteiger partial charge in [0.05, 0.1) is 17.2 Å². The summed E-state index contributed by atoms with van der Waals surface area (Å²) < 4.78 is 5.00. The lowest BCUT2D eigenvalue weighted by molar-refractivity contribution is 0.0474. The predicted octanol–water partition coefficient (Wildman–Crippen LogP) is 2.54. The van der Waals surface area contributed by atoms with Gasteiger partial charge in [0.2, 0.25) is 5.78 Å². The third kappa shape index (κ3) is 3.37. The van der Waals surface area contributed by atoms with Crippen LogP contribution in [0.1, 0.15) is 37.7 Å². The summed E-state index contributed by atoms with van der Waals surface area (Å²) in [5.74, 6) is -0.882. The number of carbonyl (C=O) groups is 2. The third-order valence-electron chi connectivity index (χ3n) is 3.01. The van der Waals surface area contributed by atoms with E-state index in [2.05, 4.69) is 4.98 Å². The SMILES string of the molecule is Cc1cc(C(=O)COC(=O)c2cccc(C#N)c2)c(C)[nH]1. The van der Waals surface area contributed by atoms with E-state index in [0.29, 0.717) is 11.1 Å². The number of ether oxygens (including phenoxy) is 1. The minimum Gasteiger partial charge on any atom is -0.454 e. The molecule has 0 unspecified atom stereocenters. The monoisotopic (exact) mass is 282 g/mol. The zero-order valence-corrected chi connectivity index (χ0v) is 11.8. The number of nitriles is 1. The lowest BCUT2D eigenvalue weighted by Gasteiger charge is -2.04. The van der Waals surface area contributed by atoms with Gasteiger partial charge >= 0.3 is 5.97 Å². The quantitative estimate of drug-likeness (QED) is 0.690. The van der Waals surface area contributed by atoms with Gasteiger partial charge in [0.15, 0.2) is 6.61 Å². The van der Waals surface area contributed by atoms with Gasteiger partial charge in [-0.2, -0.15) is 5.26 Å². The van der Waals surface area contributed by atoms with Crippen LogP contribution in [-0.2, 0) is 4.74 Å². The van der Waals surface area contributed by atoms with Crippen molar-refractivity contribution in [2.75, 3.05) is 6.61 Å². The Morgan fingerprint density at radius 2 is 2.05 bits per heavy atom. The van der Waals surface area contributed by atoms with Gasteiger partial charge in [-0.15, -0.1) is 0 Å². The minimum atomic E-state index is -0.620. The maximum Gasteiger partial charge on any atom is 0.338 e. The number of aromatic nitrogens is 1. The molecule has 0 aliphatic rings. The van der Waals surface area contributed by atoms with E-state index in [0.717, 1.165) is 11.4 Å². The van der Waals surface area contributed by atoms with E-state index in [1.807, 2.05) is 13.0 Å². The Hall–Kier alpha value is -2.87. The van der Waals surface area contributed by atoms with Gasteiger partial charge in [-0.25, -0.2) is 4.79 Å². The molecule has 0 saturated carbocycles. The number of carbonyl (C=O) groups excluding carboxylic acids is 2. The number of aryl methyl sites for hydroxylation is 2. The number of H-pyrrole nitrogens is 1. The van der Waals surface area contributed by atoms with E-state index >= 15 is 0 Å². The molecule has 106 valence electrons. The molecule has 5 nitrogen and oxygen atoms in total. The van der Waals surface area contributed by atoms with Gasteiger partial charge in [-0.1, -0.05) is 6.07 Å². The first-order chi connectivity index (χ1) is 10.0. The van der Waals surface area contributed by atoms with E-state index in [4.69, 9.17) is 10.00 Å². The Morgan fingerprint density at radius 3 is 2.67 bits per heavy atom. The summed E-state index contributed by atoms with van der Waals surface area (Å²) in [6, 6.07) is 9.82. The molecule has 21 heavy (non-hydrogen) atoms. The Labute approximate surface area is 122 Å². The van der Waals surface area contributed by atoms with Crippen LogP contribution in [0.2, 0.25) is 0 Å². The second-order valence-corrected chi connectivity index (χ2v) is 4.68. The summed E-state index contributed by atoms with van der Waals surface area (Å²) in [5, 5.41) is 8.78. The first-order valence-corrected chi connectivity index (χ1v) is 6.38. The topological polar surface area (TPSA) is 82.9 Å². The summed E-state index contributed by atoms with van der Waals surface area (Å²) in [7, 11) is 0. The first kappa shape index (κ1) is 14.5.